The van der Waals surface area contributed by atoms with Gasteiger partial charge in [-0.15, -0.1) is 0 Å². The van der Waals surface area contributed by atoms with Gasteiger partial charge in [-0.3, -0.25) is 9.79 Å². The van der Waals surface area contributed by atoms with Crippen LogP contribution in [0.15, 0.2) is 29.3 Å². The minimum atomic E-state index is 0.0802. The normalized spacial score (nSPS) is 27.9. The fourth-order valence-corrected chi connectivity index (χ4v) is 4.66. The molecule has 1 amide bonds. The summed E-state index contributed by atoms with van der Waals surface area (Å²) in [5.41, 5.74) is 1.35. The van der Waals surface area contributed by atoms with Crippen LogP contribution in [-0.2, 0) is 4.79 Å². The molecule has 0 aliphatic carbocycles. The van der Waals surface area contributed by atoms with E-state index in [0.717, 1.165) is 70.3 Å². The highest BCUT2D eigenvalue weighted by Crippen LogP contribution is 2.36. The van der Waals surface area contributed by atoms with Gasteiger partial charge in [0.25, 0.3) is 0 Å². The van der Waals surface area contributed by atoms with Crippen LogP contribution in [0.3, 0.4) is 0 Å². The van der Waals surface area contributed by atoms with Gasteiger partial charge in [0, 0.05) is 50.5 Å². The minimum Gasteiger partial charge on any atom is -0.493 e. The van der Waals surface area contributed by atoms with E-state index in [4.69, 9.17) is 9.73 Å². The van der Waals surface area contributed by atoms with Gasteiger partial charge >= 0.3 is 0 Å². The third-order valence-electron chi connectivity index (χ3n) is 6.04. The molecule has 3 aliphatic heterocycles. The Morgan fingerprint density at radius 2 is 2.33 bits per heavy atom. The first-order valence-electron chi connectivity index (χ1n) is 10.2. The summed E-state index contributed by atoms with van der Waals surface area (Å²) in [6.45, 7) is 7.20. The molecule has 2 saturated heterocycles. The number of carbonyl (C=O) groups is 1. The number of hydrogen-bond donors (Lipinski definition) is 2. The molecular formula is C21H30N4O2. The Balaban J connectivity index is 1.48. The maximum atomic E-state index is 11.8. The molecule has 2 atom stereocenters. The monoisotopic (exact) mass is 370 g/mol. The lowest BCUT2D eigenvalue weighted by Crippen LogP contribution is -2.51. The van der Waals surface area contributed by atoms with Crippen molar-refractivity contribution in [2.24, 2.45) is 10.4 Å². The van der Waals surface area contributed by atoms with Gasteiger partial charge in [0.05, 0.1) is 6.61 Å². The molecule has 0 saturated carbocycles. The molecule has 1 spiro atoms. The van der Waals surface area contributed by atoms with E-state index in [0.29, 0.717) is 12.3 Å². The number of aliphatic imine (C=N–C) groups is 1. The highest BCUT2D eigenvalue weighted by atomic mass is 16.5. The molecule has 27 heavy (non-hydrogen) atoms. The molecule has 0 bridgehead atoms. The van der Waals surface area contributed by atoms with Crippen LogP contribution in [0, 0.1) is 5.41 Å². The molecule has 0 aromatic heterocycles. The van der Waals surface area contributed by atoms with Crippen LogP contribution in [-0.4, -0.2) is 56.1 Å². The topological polar surface area (TPSA) is 66.0 Å². The molecule has 2 fully saturated rings. The van der Waals surface area contributed by atoms with Crippen LogP contribution in [0.2, 0.25) is 0 Å². The first-order chi connectivity index (χ1) is 13.2. The quantitative estimate of drug-likeness (QED) is 0.632. The van der Waals surface area contributed by atoms with Crippen LogP contribution in [0.25, 0.3) is 0 Å². The second kappa shape index (κ2) is 7.79. The summed E-state index contributed by atoms with van der Waals surface area (Å²) >= 11 is 0. The number of amides is 1. The van der Waals surface area contributed by atoms with Crippen LogP contribution < -0.4 is 15.4 Å². The standard InChI is InChI=1S/C21H30N4O2/c1-2-22-20(25-10-5-9-21(15-25)12-19(26)24-14-21)23-13-16-8-11-27-18-7-4-3-6-17(16)18/h3-4,6-7,16H,2,5,8-15H2,1H3,(H,22,23)(H,24,26). The van der Waals surface area contributed by atoms with E-state index in [1.54, 1.807) is 0 Å². The van der Waals surface area contributed by atoms with Crippen molar-refractivity contribution in [3.8, 4) is 5.75 Å². The summed E-state index contributed by atoms with van der Waals surface area (Å²) in [5, 5.41) is 6.50. The van der Waals surface area contributed by atoms with Crippen molar-refractivity contribution in [3.05, 3.63) is 29.8 Å². The molecule has 0 radical (unpaired) electrons. The fraction of sp³-hybridized carbons (Fsp3) is 0.619. The van der Waals surface area contributed by atoms with Crippen LogP contribution >= 0.6 is 0 Å². The van der Waals surface area contributed by atoms with Gasteiger partial charge in [-0.2, -0.15) is 0 Å². The van der Waals surface area contributed by atoms with Crippen LogP contribution in [0.4, 0.5) is 0 Å². The Bertz CT molecular complexity index is 720. The average molecular weight is 370 g/mol. The Labute approximate surface area is 161 Å². The number of fused-ring (bicyclic) bond motifs is 1. The third-order valence-corrected chi connectivity index (χ3v) is 6.04. The summed E-state index contributed by atoms with van der Waals surface area (Å²) < 4.78 is 5.78. The summed E-state index contributed by atoms with van der Waals surface area (Å²) in [6.07, 6.45) is 3.88. The first kappa shape index (κ1) is 18.1. The number of guanidine groups is 1. The van der Waals surface area contributed by atoms with Gasteiger partial charge in [0.1, 0.15) is 5.75 Å². The third kappa shape index (κ3) is 3.89. The Morgan fingerprint density at radius 3 is 3.15 bits per heavy atom. The SMILES string of the molecule is CCNC(=NCC1CCOc2ccccc21)N1CCCC2(CNC(=O)C2)C1. The van der Waals surface area contributed by atoms with E-state index >= 15 is 0 Å². The second-order valence-corrected chi connectivity index (χ2v) is 8.05. The van der Waals surface area contributed by atoms with E-state index < -0.39 is 0 Å². The predicted octanol–water partition coefficient (Wildman–Crippen LogP) is 2.12. The number of piperidine rings is 1. The van der Waals surface area contributed by atoms with Gasteiger partial charge in [0.15, 0.2) is 5.96 Å². The molecule has 1 aromatic rings. The Morgan fingerprint density at radius 1 is 1.44 bits per heavy atom. The number of carbonyl (C=O) groups excluding carboxylic acids is 1. The highest BCUT2D eigenvalue weighted by Gasteiger charge is 2.42. The molecule has 2 unspecified atom stereocenters. The summed E-state index contributed by atoms with van der Waals surface area (Å²) in [4.78, 5) is 19.1. The molecule has 3 aliphatic rings. The number of rotatable bonds is 3. The molecule has 2 N–H and O–H groups in total. The van der Waals surface area contributed by atoms with Crippen molar-refractivity contribution in [1.82, 2.24) is 15.5 Å². The molecule has 6 nitrogen and oxygen atoms in total. The lowest BCUT2D eigenvalue weighted by atomic mass is 9.79. The smallest absolute Gasteiger partial charge is 0.220 e. The van der Waals surface area contributed by atoms with Gasteiger partial charge in [-0.05, 0) is 37.8 Å². The maximum absolute atomic E-state index is 11.8. The number of likely N-dealkylation sites (tertiary alicyclic amines) is 1. The zero-order valence-electron chi connectivity index (χ0n) is 16.2. The number of ether oxygens (including phenoxy) is 1. The van der Waals surface area contributed by atoms with Crippen molar-refractivity contribution >= 4 is 11.9 Å². The number of para-hydroxylation sites is 1. The van der Waals surface area contributed by atoms with Gasteiger partial charge in [0.2, 0.25) is 5.91 Å². The molecule has 4 rings (SSSR count). The Kier molecular flexibility index (Phi) is 5.23. The van der Waals surface area contributed by atoms with E-state index in [2.05, 4.69) is 40.7 Å². The average Bonchev–Trinajstić information content (AvgIpc) is 3.04. The van der Waals surface area contributed by atoms with E-state index in [9.17, 15) is 4.79 Å². The molecule has 146 valence electrons. The predicted molar refractivity (Wildman–Crippen MR) is 106 cm³/mol. The molecular weight excluding hydrogens is 340 g/mol. The molecule has 3 heterocycles. The zero-order chi connectivity index (χ0) is 18.7. The largest absolute Gasteiger partial charge is 0.493 e. The highest BCUT2D eigenvalue weighted by molar-refractivity contribution is 5.81. The van der Waals surface area contributed by atoms with Gasteiger partial charge < -0.3 is 20.3 Å². The maximum Gasteiger partial charge on any atom is 0.220 e. The summed E-state index contributed by atoms with van der Waals surface area (Å²) in [7, 11) is 0. The van der Waals surface area contributed by atoms with Crippen molar-refractivity contribution in [1.29, 1.82) is 0 Å². The van der Waals surface area contributed by atoms with Crippen molar-refractivity contribution < 1.29 is 9.53 Å². The van der Waals surface area contributed by atoms with Crippen LogP contribution in [0.5, 0.6) is 5.75 Å². The summed E-state index contributed by atoms with van der Waals surface area (Å²) in [5.74, 6) is 2.58. The van der Waals surface area contributed by atoms with Crippen molar-refractivity contribution in [2.75, 3.05) is 39.3 Å². The zero-order valence-corrected chi connectivity index (χ0v) is 16.2. The first-order valence-corrected chi connectivity index (χ1v) is 10.2. The lowest BCUT2D eigenvalue weighted by molar-refractivity contribution is -0.119. The number of nitrogens with zero attached hydrogens (tertiary/aromatic N) is 2. The van der Waals surface area contributed by atoms with Crippen LogP contribution in [0.1, 0.15) is 44.1 Å². The van der Waals surface area contributed by atoms with Crippen molar-refractivity contribution in [3.63, 3.8) is 0 Å². The molecule has 6 heteroatoms. The van der Waals surface area contributed by atoms with E-state index in [1.165, 1.54) is 5.56 Å². The second-order valence-electron chi connectivity index (χ2n) is 8.05. The number of benzene rings is 1. The van der Waals surface area contributed by atoms with Gasteiger partial charge in [-0.25, -0.2) is 0 Å². The molecule has 1 aromatic carbocycles. The lowest BCUT2D eigenvalue weighted by Gasteiger charge is -2.41. The minimum absolute atomic E-state index is 0.0802. The number of hydrogen-bond acceptors (Lipinski definition) is 3. The van der Waals surface area contributed by atoms with E-state index in [-0.39, 0.29) is 11.3 Å². The Hall–Kier alpha value is -2.24. The van der Waals surface area contributed by atoms with E-state index in [1.807, 2.05) is 6.07 Å². The van der Waals surface area contributed by atoms with Crippen molar-refractivity contribution in [2.45, 2.75) is 38.5 Å². The summed E-state index contributed by atoms with van der Waals surface area (Å²) in [6, 6.07) is 8.31. The fourth-order valence-electron chi connectivity index (χ4n) is 4.66. The number of nitrogens with one attached hydrogen (secondary N) is 2. The van der Waals surface area contributed by atoms with Gasteiger partial charge in [-0.1, -0.05) is 18.2 Å².